The minimum atomic E-state index is -4.96. The second-order valence-corrected chi connectivity index (χ2v) is 31.8. The number of phosphoric ester groups is 2. The van der Waals surface area contributed by atoms with Crippen LogP contribution in [0.4, 0.5) is 0 Å². The second-order valence-electron chi connectivity index (χ2n) is 28.9. The van der Waals surface area contributed by atoms with Crippen LogP contribution in [0.15, 0.2) is 182 Å². The van der Waals surface area contributed by atoms with Gasteiger partial charge in [-0.15, -0.1) is 0 Å². The molecule has 0 saturated heterocycles. The lowest BCUT2D eigenvalue weighted by Gasteiger charge is -2.21. The predicted molar refractivity (Wildman–Crippen MR) is 472 cm³/mol. The molecule has 0 saturated carbocycles. The van der Waals surface area contributed by atoms with E-state index < -0.39 is 91.5 Å². The molecule has 0 radical (unpaired) electrons. The van der Waals surface area contributed by atoms with Gasteiger partial charge in [0.25, 0.3) is 0 Å². The molecule has 0 fully saturated rings. The predicted octanol–water partition coefficient (Wildman–Crippen LogP) is 26.9. The van der Waals surface area contributed by atoms with E-state index in [4.69, 9.17) is 32.3 Å². The van der Waals surface area contributed by atoms with Crippen LogP contribution in [0.25, 0.3) is 0 Å². The van der Waals surface area contributed by atoms with E-state index in [-0.39, 0.29) is 19.3 Å². The summed E-state index contributed by atoms with van der Waals surface area (Å²) in [7, 11) is -9.83. The maximum absolute atomic E-state index is 13.0. The first kappa shape index (κ1) is 108. The molecule has 0 amide bonds. The van der Waals surface area contributed by atoms with E-state index in [1.807, 2.05) is 0 Å². The first-order valence-electron chi connectivity index (χ1n) is 44.1. The molecular weight excluding hydrogens is 1460 g/mol. The van der Waals surface area contributed by atoms with Gasteiger partial charge in [-0.3, -0.25) is 32.5 Å². The largest absolute Gasteiger partial charge is 0.472 e. The van der Waals surface area contributed by atoms with Crippen molar-refractivity contribution >= 4 is 33.6 Å². The van der Waals surface area contributed by atoms with Gasteiger partial charge in [-0.05, 0) is 161 Å². The summed E-state index contributed by atoms with van der Waals surface area (Å²) in [4.78, 5) is 58.9. The lowest BCUT2D eigenvalue weighted by Crippen LogP contribution is -2.30. The fraction of sp³-hybridized carbons (Fsp3) is 0.653. The van der Waals surface area contributed by atoms with Gasteiger partial charge in [0.15, 0.2) is 6.10 Å². The Morgan fingerprint density at radius 3 is 0.743 bits per heavy atom. The van der Waals surface area contributed by atoms with Crippen LogP contribution in [-0.4, -0.2) is 95.9 Å². The Morgan fingerprint density at radius 2 is 0.469 bits per heavy atom. The lowest BCUT2D eigenvalue weighted by molar-refractivity contribution is -0.161. The number of carbonyl (C=O) groups excluding carboxylic acids is 3. The Labute approximate surface area is 687 Å². The molecule has 0 heterocycles. The molecule has 0 aliphatic carbocycles. The molecule has 0 aromatic carbocycles. The van der Waals surface area contributed by atoms with Crippen molar-refractivity contribution in [2.45, 2.75) is 360 Å². The van der Waals surface area contributed by atoms with Crippen LogP contribution >= 0.6 is 15.6 Å². The van der Waals surface area contributed by atoms with Crippen LogP contribution in [0.5, 0.6) is 0 Å². The van der Waals surface area contributed by atoms with E-state index in [9.17, 15) is 43.5 Å². The topological polar surface area (TPSA) is 231 Å². The number of phosphoric acid groups is 2. The van der Waals surface area contributed by atoms with Gasteiger partial charge in [0.1, 0.15) is 25.4 Å². The third kappa shape index (κ3) is 87.3. The zero-order chi connectivity index (χ0) is 82.2. The number of carbonyl (C=O) groups is 3. The van der Waals surface area contributed by atoms with Gasteiger partial charge in [-0.25, -0.2) is 9.13 Å². The zero-order valence-electron chi connectivity index (χ0n) is 70.7. The summed E-state index contributed by atoms with van der Waals surface area (Å²) in [6, 6.07) is 0. The van der Waals surface area contributed by atoms with Gasteiger partial charge in [0.05, 0.1) is 26.4 Å². The third-order valence-corrected chi connectivity index (χ3v) is 20.0. The van der Waals surface area contributed by atoms with E-state index >= 15 is 0 Å². The third-order valence-electron chi connectivity index (χ3n) is 18.1. The van der Waals surface area contributed by atoms with Gasteiger partial charge in [-0.1, -0.05) is 344 Å². The van der Waals surface area contributed by atoms with E-state index in [1.165, 1.54) is 103 Å². The standard InChI is InChI=1S/C95H158O16P2/c1-4-7-10-13-16-19-22-25-28-31-34-37-40-41-42-43-44-45-46-47-50-52-54-57-60-63-66-69-72-75-78-81-93(98)105-84-90(96)85-107-112(101,102)108-86-91(97)87-109-113(103,104)110-89-92(111-95(100)83-80-77-74-71-68-65-62-59-56-53-49-39-36-33-30-27-24-21-18-15-12-9-6-3)88-106-94(99)82-79-76-73-70-67-64-61-58-55-51-48-38-35-32-29-26-23-20-17-14-11-8-5-2/h8-9,11-12,16-21,25-30,34-39,41-42,51,53,55-56,61,64,90-92,96-97H,4-7,10,13-15,22-24,31-33,40,43-50,52,54,57-60,62-63,65-89H2,1-3H3,(H,101,102)(H,103,104)/b11-8-,12-9-,19-16-,20-17-,21-18-,28-25-,29-26-,30-27-,37-34-,38-35-,39-36-,42-41-,55-51-,56-53-,64-61-. The van der Waals surface area contributed by atoms with Crippen molar-refractivity contribution < 1.29 is 75.8 Å². The number of rotatable bonds is 82. The van der Waals surface area contributed by atoms with Gasteiger partial charge < -0.3 is 34.2 Å². The monoisotopic (exact) mass is 1620 g/mol. The first-order chi connectivity index (χ1) is 55.2. The Hall–Kier alpha value is -5.35. The highest BCUT2D eigenvalue weighted by Gasteiger charge is 2.29. The summed E-state index contributed by atoms with van der Waals surface area (Å²) < 4.78 is 61.4. The normalized spacial score (nSPS) is 14.7. The van der Waals surface area contributed by atoms with Gasteiger partial charge in [-0.2, -0.15) is 0 Å². The highest BCUT2D eigenvalue weighted by molar-refractivity contribution is 7.47. The molecule has 16 nitrogen and oxygen atoms in total. The van der Waals surface area contributed by atoms with Crippen LogP contribution < -0.4 is 0 Å². The summed E-state index contributed by atoms with van der Waals surface area (Å²) in [6.45, 7) is 2.40. The molecule has 0 spiro atoms. The molecule has 0 aromatic rings. The van der Waals surface area contributed by atoms with E-state index in [1.54, 1.807) is 0 Å². The van der Waals surface area contributed by atoms with Crippen LogP contribution in [0.2, 0.25) is 0 Å². The summed E-state index contributed by atoms with van der Waals surface area (Å²) in [6.07, 6.45) is 112. The van der Waals surface area contributed by atoms with Gasteiger partial charge in [0, 0.05) is 19.3 Å². The average Bonchev–Trinajstić information content (AvgIpc) is 0.902. The Morgan fingerprint density at radius 1 is 0.257 bits per heavy atom. The maximum Gasteiger partial charge on any atom is 0.472 e. The second kappa shape index (κ2) is 86.0. The van der Waals surface area contributed by atoms with Crippen molar-refractivity contribution in [1.29, 1.82) is 0 Å². The van der Waals surface area contributed by atoms with Crippen LogP contribution in [0.1, 0.15) is 342 Å². The van der Waals surface area contributed by atoms with E-state index in [0.29, 0.717) is 19.3 Å². The number of allylic oxidation sites excluding steroid dienone is 30. The number of esters is 3. The molecule has 0 aliphatic heterocycles. The smallest absolute Gasteiger partial charge is 0.463 e. The van der Waals surface area contributed by atoms with Crippen molar-refractivity contribution in [3.8, 4) is 0 Å². The number of hydrogen-bond donors (Lipinski definition) is 4. The van der Waals surface area contributed by atoms with Crippen molar-refractivity contribution in [1.82, 2.24) is 0 Å². The Bertz CT molecular complexity index is 2780. The summed E-state index contributed by atoms with van der Waals surface area (Å²) in [5, 5.41) is 20.7. The number of unbranched alkanes of at least 4 members (excludes halogenated alkanes) is 29. The summed E-state index contributed by atoms with van der Waals surface area (Å²) in [5.74, 6) is -1.62. The van der Waals surface area contributed by atoms with E-state index in [2.05, 4.69) is 203 Å². The summed E-state index contributed by atoms with van der Waals surface area (Å²) >= 11 is 0. The molecule has 0 rings (SSSR count). The SMILES string of the molecule is CC/C=C\C/C=C\C/C=C\C/C=C\C/C=C\C/C=C\CCCCCCC(=O)OCC(COP(=O)(O)OCC(O)COP(=O)(O)OCC(O)COC(=O)CCCCCCCCCCCCCCCCC/C=C\C/C=C\C/C=C\C/C=C\CCCCC)OC(=O)CCCCCCCCC/C=C\C/C=C\C/C=C\C/C=C\C/C=C\CC. The van der Waals surface area contributed by atoms with Crippen molar-refractivity contribution in [2.75, 3.05) is 39.6 Å². The minimum absolute atomic E-state index is 0.0783. The zero-order valence-corrected chi connectivity index (χ0v) is 72.5. The number of aliphatic hydroxyl groups is 2. The lowest BCUT2D eigenvalue weighted by atomic mass is 10.0. The molecule has 644 valence electrons. The molecule has 18 heteroatoms. The number of aliphatic hydroxyl groups excluding tert-OH is 2. The van der Waals surface area contributed by atoms with Crippen molar-refractivity contribution in [3.05, 3.63) is 182 Å². The highest BCUT2D eigenvalue weighted by atomic mass is 31.2. The maximum atomic E-state index is 13.0. The van der Waals surface area contributed by atoms with Crippen molar-refractivity contribution in [2.24, 2.45) is 0 Å². The summed E-state index contributed by atoms with van der Waals surface area (Å²) in [5.41, 5.74) is 0. The number of ether oxygens (including phenoxy) is 3. The average molecular weight is 1620 g/mol. The molecule has 0 aromatic heterocycles. The molecule has 5 atom stereocenters. The van der Waals surface area contributed by atoms with Crippen molar-refractivity contribution in [3.63, 3.8) is 0 Å². The molecule has 4 N–H and O–H groups in total. The van der Waals surface area contributed by atoms with Gasteiger partial charge >= 0.3 is 33.6 Å². The fourth-order valence-electron chi connectivity index (χ4n) is 11.5. The number of hydrogen-bond acceptors (Lipinski definition) is 14. The first-order valence-corrected chi connectivity index (χ1v) is 47.1. The van der Waals surface area contributed by atoms with Crippen LogP contribution in [0.3, 0.4) is 0 Å². The molecule has 0 aliphatic rings. The molecule has 113 heavy (non-hydrogen) atoms. The quantitative estimate of drug-likeness (QED) is 0.0146. The highest BCUT2D eigenvalue weighted by Crippen LogP contribution is 2.45. The molecule has 0 bridgehead atoms. The Balaban J connectivity index is 4.64. The molecule has 5 unspecified atom stereocenters. The van der Waals surface area contributed by atoms with E-state index in [0.717, 1.165) is 180 Å². The molecular formula is C95H158O16P2. The fourth-order valence-corrected chi connectivity index (χ4v) is 13.1. The van der Waals surface area contributed by atoms with Crippen LogP contribution in [-0.2, 0) is 55.8 Å². The van der Waals surface area contributed by atoms with Gasteiger partial charge in [0.2, 0.25) is 0 Å². The Kier molecular flexibility index (Phi) is 81.9. The minimum Gasteiger partial charge on any atom is -0.463 e. The van der Waals surface area contributed by atoms with Crippen LogP contribution in [0, 0.1) is 0 Å².